The highest BCUT2D eigenvalue weighted by molar-refractivity contribution is 7.99. The van der Waals surface area contributed by atoms with Crippen LogP contribution in [0.4, 0.5) is 0 Å². The molecule has 0 aliphatic carbocycles. The van der Waals surface area contributed by atoms with E-state index in [4.69, 9.17) is 66.3 Å². The number of ketones is 1. The average Bonchev–Trinajstić information content (AvgIpc) is 0.964. The van der Waals surface area contributed by atoms with Crippen LogP contribution in [0.15, 0.2) is 0 Å². The summed E-state index contributed by atoms with van der Waals surface area (Å²) in [6.45, 7) is 54.6. The van der Waals surface area contributed by atoms with Crippen molar-refractivity contribution in [3.63, 3.8) is 0 Å². The molecule has 0 heterocycles. The Morgan fingerprint density at radius 2 is 0.719 bits per heavy atom. The Balaban J connectivity index is -0.000000142. The van der Waals surface area contributed by atoms with Crippen LogP contribution in [-0.2, 0) is 99.8 Å². The van der Waals surface area contributed by atoms with Crippen molar-refractivity contribution in [3.8, 4) is 0 Å². The van der Waals surface area contributed by atoms with Crippen molar-refractivity contribution in [1.29, 1.82) is 0 Å². The zero-order chi connectivity index (χ0) is 86.3. The summed E-state index contributed by atoms with van der Waals surface area (Å²) in [5.41, 5.74) is 0. The lowest BCUT2D eigenvalue weighted by atomic mass is 10.1. The van der Waals surface area contributed by atoms with Crippen LogP contribution in [0.1, 0.15) is 294 Å². The molecule has 0 aromatic carbocycles. The van der Waals surface area contributed by atoms with Crippen LogP contribution >= 0.6 is 11.8 Å². The van der Waals surface area contributed by atoms with E-state index < -0.39 is 0 Å². The lowest BCUT2D eigenvalue weighted by molar-refractivity contribution is -0.146. The van der Waals surface area contributed by atoms with Crippen LogP contribution < -0.4 is 16.0 Å². The van der Waals surface area contributed by atoms with E-state index in [2.05, 4.69) is 152 Å². The molecule has 0 radical (unpaired) electrons. The summed E-state index contributed by atoms with van der Waals surface area (Å²) in [6.07, 6.45) is 20.9. The van der Waals surface area contributed by atoms with Crippen molar-refractivity contribution in [2.45, 2.75) is 300 Å². The zero-order valence-electron chi connectivity index (χ0n) is 76.9. The molecule has 8 unspecified atom stereocenters. The molecule has 0 spiro atoms. The second kappa shape index (κ2) is 112. The highest BCUT2D eigenvalue weighted by Gasteiger charge is 2.14. The molecular weight excluding hydrogens is 1480 g/mol. The Kier molecular flexibility index (Phi) is 129. The second-order valence-corrected chi connectivity index (χ2v) is 30.2. The molecule has 0 aromatic heterocycles. The van der Waals surface area contributed by atoms with Gasteiger partial charge in [-0.1, -0.05) is 211 Å². The number of Topliss-reactive ketones (excluding diaryl/α,β-unsaturated/α-hetero) is 1. The minimum atomic E-state index is -0.169. The molecule has 8 atom stereocenters. The topological polar surface area (TPSA) is 277 Å². The third-order valence-electron chi connectivity index (χ3n) is 17.0. The van der Waals surface area contributed by atoms with Crippen LogP contribution in [0.3, 0.4) is 0 Å². The predicted octanol–water partition coefficient (Wildman–Crippen LogP) is 18.5. The van der Waals surface area contributed by atoms with Gasteiger partial charge in [-0.05, 0) is 98.0 Å². The molecule has 25 heteroatoms. The Bertz CT molecular complexity index is 1840. The number of unbranched alkanes of at least 4 members (excludes halogenated alkanes) is 4. The van der Waals surface area contributed by atoms with E-state index in [0.29, 0.717) is 152 Å². The molecule has 0 saturated heterocycles. The molecule has 0 rings (SSSR count). The van der Waals surface area contributed by atoms with Gasteiger partial charge in [0, 0.05) is 153 Å². The van der Waals surface area contributed by atoms with Crippen LogP contribution in [-0.4, -0.2) is 241 Å². The quantitative estimate of drug-likeness (QED) is 0.0290. The number of carbonyl (C=O) groups is 6. The van der Waals surface area contributed by atoms with Crippen molar-refractivity contribution < 1.29 is 99.8 Å². The van der Waals surface area contributed by atoms with E-state index in [9.17, 15) is 28.8 Å². The molecule has 114 heavy (non-hydrogen) atoms. The van der Waals surface area contributed by atoms with Crippen LogP contribution in [0, 0.1) is 47.3 Å². The summed E-state index contributed by atoms with van der Waals surface area (Å²) >= 11 is 1.77. The normalized spacial score (nSPS) is 12.7. The standard InChI is InChI=1S/C21H43NO5S.C17H33NO4.C10H21NO3.C10H22O2.C10H20O2.C9H18O3.C7H16O2.C3H8.2CH4/c1-6-18(3)13-25-15-20(16-26-14-19(4)7-2)27-10-8-11-28-12-9-21(23)22-17-24-5;1-4-15(2)14-22-12-7-5-6-11-18-17(20)9-8-16(19)10-13-21-3;1-4-9(2)7-14-6-5-11-10(12)8-13-3;1-4-10(2)9-12-8-6-5-7-11-3;1-4-6-7-10(11)12-8-9(3)5-2;1-4-8(2)7-12-9(10)5-6-11-3;1-4-7(2)5-9-6-8-3;1-3-2;;/h18-20H,6-17H2,1-5H3,(H,22,23);15H,4-14H2,1-3H3,(H,18,20);9H,4-8H2,1-3H3,(H,11,12);10H,4-9H2,1-3H3;9H,4-8H2,1-3H3;8H,4-7H2,1-3H3;7H,4-6H2,1-3H3;3H2,1-2H3;2*1H4. The summed E-state index contributed by atoms with van der Waals surface area (Å²) in [5.74, 6) is 6.21. The smallest absolute Gasteiger partial charge is 0.308 e. The number of methoxy groups -OCH3 is 6. The average molecular weight is 1670 g/mol. The zero-order valence-corrected chi connectivity index (χ0v) is 77.7. The van der Waals surface area contributed by atoms with E-state index in [-0.39, 0.29) is 76.2 Å². The van der Waals surface area contributed by atoms with Gasteiger partial charge in [-0.3, -0.25) is 28.8 Å². The monoisotopic (exact) mass is 1670 g/mol. The molecule has 3 amide bonds. The maximum atomic E-state index is 11.5. The molecule has 0 saturated carbocycles. The number of hydrogen-bond acceptors (Lipinski definition) is 22. The third-order valence-corrected chi connectivity index (χ3v) is 18.1. The van der Waals surface area contributed by atoms with Gasteiger partial charge in [0.2, 0.25) is 17.7 Å². The minimum absolute atomic E-state index is 0. The number of amides is 3. The maximum absolute atomic E-state index is 11.5. The van der Waals surface area contributed by atoms with Gasteiger partial charge >= 0.3 is 11.9 Å². The fourth-order valence-electron chi connectivity index (χ4n) is 7.43. The van der Waals surface area contributed by atoms with Gasteiger partial charge in [0.05, 0.1) is 59.3 Å². The van der Waals surface area contributed by atoms with Crippen molar-refractivity contribution >= 4 is 47.2 Å². The van der Waals surface area contributed by atoms with E-state index in [1.54, 1.807) is 47.3 Å². The fourth-order valence-corrected chi connectivity index (χ4v) is 8.28. The number of hydrogen-bond donors (Lipinski definition) is 3. The largest absolute Gasteiger partial charge is 0.465 e. The highest BCUT2D eigenvalue weighted by atomic mass is 32.2. The Hall–Kier alpha value is -3.15. The summed E-state index contributed by atoms with van der Waals surface area (Å²) in [6, 6.07) is 0. The van der Waals surface area contributed by atoms with Gasteiger partial charge in [0.1, 0.15) is 32.0 Å². The Morgan fingerprint density at radius 3 is 1.16 bits per heavy atom. The number of nitrogens with one attached hydrogen (secondary N) is 3. The second-order valence-electron chi connectivity index (χ2n) is 29.0. The number of rotatable bonds is 68. The van der Waals surface area contributed by atoms with E-state index in [0.717, 1.165) is 161 Å². The molecule has 0 aliphatic heterocycles. The van der Waals surface area contributed by atoms with Gasteiger partial charge < -0.3 is 87.0 Å². The number of carbonyl (C=O) groups excluding carboxylic acids is 6. The van der Waals surface area contributed by atoms with Gasteiger partial charge in [0.25, 0.3) is 0 Å². The van der Waals surface area contributed by atoms with Crippen molar-refractivity contribution in [3.05, 3.63) is 0 Å². The first-order chi connectivity index (χ1) is 53.8. The van der Waals surface area contributed by atoms with E-state index in [1.807, 2.05) is 0 Å². The molecule has 0 bridgehead atoms. The predicted molar refractivity (Wildman–Crippen MR) is 475 cm³/mol. The molecule has 3 N–H and O–H groups in total. The molecular formula is C89H189N3O21S. The van der Waals surface area contributed by atoms with Gasteiger partial charge in [-0.2, -0.15) is 11.8 Å². The molecule has 692 valence electrons. The number of thioether (sulfide) groups is 1. The summed E-state index contributed by atoms with van der Waals surface area (Å²) in [7, 11) is 9.57. The van der Waals surface area contributed by atoms with Crippen LogP contribution in [0.5, 0.6) is 0 Å². The number of ether oxygens (including phenoxy) is 15. The Labute approximate surface area is 706 Å². The highest BCUT2D eigenvalue weighted by Crippen LogP contribution is 2.11. The first kappa shape index (κ1) is 132. The third kappa shape index (κ3) is 124. The lowest BCUT2D eigenvalue weighted by Crippen LogP contribution is -2.30. The first-order valence-electron chi connectivity index (χ1n) is 43.0. The van der Waals surface area contributed by atoms with Crippen molar-refractivity contribution in [2.75, 3.05) is 200 Å². The van der Waals surface area contributed by atoms with Crippen molar-refractivity contribution in [1.82, 2.24) is 16.0 Å². The molecule has 0 aliphatic rings. The van der Waals surface area contributed by atoms with Crippen LogP contribution in [0.25, 0.3) is 0 Å². The molecule has 0 aromatic rings. The Morgan fingerprint density at radius 1 is 0.316 bits per heavy atom. The number of esters is 2. The van der Waals surface area contributed by atoms with E-state index in [1.165, 1.54) is 26.4 Å². The maximum Gasteiger partial charge on any atom is 0.308 e. The first-order valence-corrected chi connectivity index (χ1v) is 44.1. The molecule has 24 nitrogen and oxygen atoms in total. The van der Waals surface area contributed by atoms with Gasteiger partial charge in [-0.25, -0.2) is 0 Å². The van der Waals surface area contributed by atoms with E-state index >= 15 is 0 Å². The summed E-state index contributed by atoms with van der Waals surface area (Å²) < 4.78 is 77.9. The van der Waals surface area contributed by atoms with Crippen LogP contribution in [0.2, 0.25) is 0 Å². The fraction of sp³-hybridized carbons (Fsp3) is 0.933. The summed E-state index contributed by atoms with van der Waals surface area (Å²) in [5, 5.41) is 8.22. The van der Waals surface area contributed by atoms with Gasteiger partial charge in [-0.15, -0.1) is 0 Å². The SMILES string of the molecule is C.C.CCC.CCC(C)COC(=O)CCOC.CCC(C)COCC(COCC(C)CC)OCCCSCCC(=O)NCOC.CCC(C)COCCCCCNC(=O)CCC(=O)CCOC.CCC(C)COCCCCOC.CCC(C)COCCNC(=O)COC.CCC(C)COCOC.CCCCC(=O)OCC(C)CC. The minimum Gasteiger partial charge on any atom is -0.465 e. The van der Waals surface area contributed by atoms with Gasteiger partial charge in [0.15, 0.2) is 0 Å². The lowest BCUT2D eigenvalue weighted by Gasteiger charge is -2.20. The van der Waals surface area contributed by atoms with Crippen molar-refractivity contribution in [2.24, 2.45) is 47.3 Å². The molecule has 0 fully saturated rings. The summed E-state index contributed by atoms with van der Waals surface area (Å²) in [4.78, 5) is 67.2.